The second-order valence-corrected chi connectivity index (χ2v) is 5.58. The SMILES string of the molecule is CC1CCCN(c2cc(Cl)nc(OC(C)C)n2)C1. The molecular formula is C13H20ClN3O. The lowest BCUT2D eigenvalue weighted by molar-refractivity contribution is 0.222. The van der Waals surface area contributed by atoms with Crippen LogP contribution in [0.15, 0.2) is 6.07 Å². The molecule has 5 heteroatoms. The third-order valence-electron chi connectivity index (χ3n) is 2.98. The Bertz CT molecular complexity index is 411. The molecule has 1 atom stereocenters. The van der Waals surface area contributed by atoms with Crippen LogP contribution < -0.4 is 9.64 Å². The molecule has 0 spiro atoms. The molecule has 0 radical (unpaired) electrons. The number of piperidine rings is 1. The number of hydrogen-bond donors (Lipinski definition) is 0. The summed E-state index contributed by atoms with van der Waals surface area (Å²) in [5.74, 6) is 1.57. The van der Waals surface area contributed by atoms with Crippen molar-refractivity contribution in [1.82, 2.24) is 9.97 Å². The molecule has 1 aliphatic rings. The monoisotopic (exact) mass is 269 g/mol. The maximum atomic E-state index is 6.03. The van der Waals surface area contributed by atoms with Gasteiger partial charge in [-0.3, -0.25) is 0 Å². The molecule has 1 saturated heterocycles. The molecule has 1 aromatic rings. The molecule has 1 aliphatic heterocycles. The zero-order valence-electron chi connectivity index (χ0n) is 11.2. The highest BCUT2D eigenvalue weighted by Crippen LogP contribution is 2.25. The molecule has 0 N–H and O–H groups in total. The van der Waals surface area contributed by atoms with Crippen LogP contribution in [0.3, 0.4) is 0 Å². The molecule has 0 aromatic carbocycles. The minimum atomic E-state index is 0.0524. The van der Waals surface area contributed by atoms with Gasteiger partial charge in [-0.15, -0.1) is 0 Å². The fraction of sp³-hybridized carbons (Fsp3) is 0.692. The van der Waals surface area contributed by atoms with Gasteiger partial charge in [0.2, 0.25) is 0 Å². The Morgan fingerprint density at radius 2 is 2.22 bits per heavy atom. The molecule has 18 heavy (non-hydrogen) atoms. The van der Waals surface area contributed by atoms with Crippen LogP contribution in [0.5, 0.6) is 6.01 Å². The highest BCUT2D eigenvalue weighted by Gasteiger charge is 2.19. The van der Waals surface area contributed by atoms with Crippen LogP contribution >= 0.6 is 11.6 Å². The van der Waals surface area contributed by atoms with Gasteiger partial charge in [0.05, 0.1) is 6.10 Å². The molecule has 100 valence electrons. The van der Waals surface area contributed by atoms with E-state index < -0.39 is 0 Å². The van der Waals surface area contributed by atoms with Crippen molar-refractivity contribution < 1.29 is 4.74 Å². The number of rotatable bonds is 3. The highest BCUT2D eigenvalue weighted by molar-refractivity contribution is 6.29. The second-order valence-electron chi connectivity index (χ2n) is 5.19. The van der Waals surface area contributed by atoms with Gasteiger partial charge < -0.3 is 9.64 Å². The largest absolute Gasteiger partial charge is 0.461 e. The lowest BCUT2D eigenvalue weighted by Gasteiger charge is -2.31. The Morgan fingerprint density at radius 3 is 2.89 bits per heavy atom. The third kappa shape index (κ3) is 3.48. The molecular weight excluding hydrogens is 250 g/mol. The van der Waals surface area contributed by atoms with E-state index in [1.54, 1.807) is 0 Å². The Kier molecular flexibility index (Phi) is 4.27. The van der Waals surface area contributed by atoms with Crippen molar-refractivity contribution >= 4 is 17.4 Å². The average molecular weight is 270 g/mol. The minimum absolute atomic E-state index is 0.0524. The van der Waals surface area contributed by atoms with Crippen LogP contribution in [-0.2, 0) is 0 Å². The van der Waals surface area contributed by atoms with Crippen LogP contribution in [0, 0.1) is 5.92 Å². The first kappa shape index (κ1) is 13.4. The summed E-state index contributed by atoms with van der Waals surface area (Å²) in [5, 5.41) is 0.439. The topological polar surface area (TPSA) is 38.2 Å². The first-order valence-corrected chi connectivity index (χ1v) is 6.88. The number of nitrogens with zero attached hydrogens (tertiary/aromatic N) is 3. The first-order valence-electron chi connectivity index (χ1n) is 6.51. The number of ether oxygens (including phenoxy) is 1. The quantitative estimate of drug-likeness (QED) is 0.790. The van der Waals surface area contributed by atoms with Crippen molar-refractivity contribution in [1.29, 1.82) is 0 Å². The van der Waals surface area contributed by atoms with E-state index in [-0.39, 0.29) is 6.10 Å². The number of anilines is 1. The lowest BCUT2D eigenvalue weighted by Crippen LogP contribution is -2.34. The van der Waals surface area contributed by atoms with E-state index >= 15 is 0 Å². The summed E-state index contributed by atoms with van der Waals surface area (Å²) in [7, 11) is 0. The summed E-state index contributed by atoms with van der Waals surface area (Å²) in [6.07, 6.45) is 2.53. The summed E-state index contributed by atoms with van der Waals surface area (Å²) in [6, 6.07) is 2.18. The molecule has 1 fully saturated rings. The van der Waals surface area contributed by atoms with E-state index in [0.29, 0.717) is 17.1 Å². The molecule has 2 rings (SSSR count). The van der Waals surface area contributed by atoms with Crippen molar-refractivity contribution in [2.24, 2.45) is 5.92 Å². The van der Waals surface area contributed by atoms with E-state index in [2.05, 4.69) is 21.8 Å². The summed E-state index contributed by atoms with van der Waals surface area (Å²) in [4.78, 5) is 10.8. The van der Waals surface area contributed by atoms with Gasteiger partial charge in [-0.2, -0.15) is 9.97 Å². The highest BCUT2D eigenvalue weighted by atomic mass is 35.5. The van der Waals surface area contributed by atoms with Crippen LogP contribution in [0.25, 0.3) is 0 Å². The molecule has 0 saturated carbocycles. The Labute approximate surface area is 113 Å². The number of aromatic nitrogens is 2. The first-order chi connectivity index (χ1) is 8.54. The summed E-state index contributed by atoms with van der Waals surface area (Å²) in [5.41, 5.74) is 0. The maximum Gasteiger partial charge on any atom is 0.320 e. The molecule has 2 heterocycles. The molecule has 0 aliphatic carbocycles. The summed E-state index contributed by atoms with van der Waals surface area (Å²) >= 11 is 6.03. The van der Waals surface area contributed by atoms with Gasteiger partial charge in [0.25, 0.3) is 0 Å². The van der Waals surface area contributed by atoms with Crippen molar-refractivity contribution in [3.05, 3.63) is 11.2 Å². The Hall–Kier alpha value is -1.03. The van der Waals surface area contributed by atoms with E-state index in [1.165, 1.54) is 12.8 Å². The van der Waals surface area contributed by atoms with Gasteiger partial charge >= 0.3 is 6.01 Å². The summed E-state index contributed by atoms with van der Waals surface area (Å²) in [6.45, 7) is 8.22. The van der Waals surface area contributed by atoms with E-state index in [0.717, 1.165) is 18.9 Å². The van der Waals surface area contributed by atoms with Crippen molar-refractivity contribution in [3.8, 4) is 6.01 Å². The fourth-order valence-corrected chi connectivity index (χ4v) is 2.38. The van der Waals surface area contributed by atoms with Gasteiger partial charge in [-0.1, -0.05) is 18.5 Å². The molecule has 0 amide bonds. The van der Waals surface area contributed by atoms with Gasteiger partial charge in [0, 0.05) is 19.2 Å². The van der Waals surface area contributed by atoms with Crippen molar-refractivity contribution in [3.63, 3.8) is 0 Å². The van der Waals surface area contributed by atoms with E-state index in [9.17, 15) is 0 Å². The lowest BCUT2D eigenvalue weighted by atomic mass is 10.0. The van der Waals surface area contributed by atoms with E-state index in [4.69, 9.17) is 16.3 Å². The van der Waals surface area contributed by atoms with Gasteiger partial charge in [0.15, 0.2) is 0 Å². The molecule has 1 unspecified atom stereocenters. The smallest absolute Gasteiger partial charge is 0.320 e. The fourth-order valence-electron chi connectivity index (χ4n) is 2.21. The third-order valence-corrected chi connectivity index (χ3v) is 3.18. The molecule has 4 nitrogen and oxygen atoms in total. The molecule has 1 aromatic heterocycles. The predicted octanol–water partition coefficient (Wildman–Crippen LogP) is 3.15. The number of hydrogen-bond acceptors (Lipinski definition) is 4. The maximum absolute atomic E-state index is 6.03. The Morgan fingerprint density at radius 1 is 1.44 bits per heavy atom. The standard InChI is InChI=1S/C13H20ClN3O/c1-9(2)18-13-15-11(14)7-12(16-13)17-6-4-5-10(3)8-17/h7,9-10H,4-6,8H2,1-3H3. The zero-order valence-corrected chi connectivity index (χ0v) is 11.9. The second kappa shape index (κ2) is 5.74. The summed E-state index contributed by atoms with van der Waals surface area (Å²) < 4.78 is 5.52. The normalized spacial score (nSPS) is 20.3. The van der Waals surface area contributed by atoms with Crippen molar-refractivity contribution in [2.45, 2.75) is 39.7 Å². The minimum Gasteiger partial charge on any atom is -0.461 e. The van der Waals surface area contributed by atoms with Crippen LogP contribution in [0.1, 0.15) is 33.6 Å². The predicted molar refractivity (Wildman–Crippen MR) is 73.4 cm³/mol. The number of halogens is 1. The zero-order chi connectivity index (χ0) is 13.1. The van der Waals surface area contributed by atoms with Crippen LogP contribution in [0.4, 0.5) is 5.82 Å². The Balaban J connectivity index is 2.18. The van der Waals surface area contributed by atoms with Gasteiger partial charge in [-0.25, -0.2) is 0 Å². The average Bonchev–Trinajstić information content (AvgIpc) is 2.27. The van der Waals surface area contributed by atoms with Crippen LogP contribution in [0.2, 0.25) is 5.15 Å². The molecule has 0 bridgehead atoms. The van der Waals surface area contributed by atoms with Crippen molar-refractivity contribution in [2.75, 3.05) is 18.0 Å². The van der Waals surface area contributed by atoms with Crippen LogP contribution in [-0.4, -0.2) is 29.2 Å². The van der Waals surface area contributed by atoms with Gasteiger partial charge in [-0.05, 0) is 32.6 Å². The van der Waals surface area contributed by atoms with E-state index in [1.807, 2.05) is 19.9 Å². The van der Waals surface area contributed by atoms with Gasteiger partial charge in [0.1, 0.15) is 11.0 Å².